The van der Waals surface area contributed by atoms with Gasteiger partial charge in [0, 0.05) is 5.94 Å². The Morgan fingerprint density at radius 1 is 1.37 bits per heavy atom. The fraction of sp³-hybridized carbons (Fsp3) is 0.857. The molecule has 1 heterocycles. The number of amides is 1. The Morgan fingerprint density at radius 3 is 2.63 bits per heavy atom. The summed E-state index contributed by atoms with van der Waals surface area (Å²) in [4.78, 5) is 12.0. The molecule has 6 atom stereocenters. The highest BCUT2D eigenvalue weighted by Gasteiger charge is 2.68. The van der Waals surface area contributed by atoms with E-state index >= 15 is 0 Å². The maximum atomic E-state index is 12.0. The second-order valence-corrected chi connectivity index (χ2v) is 10.1. The van der Waals surface area contributed by atoms with Crippen molar-refractivity contribution >= 4 is 13.0 Å². The Bertz CT molecular complexity index is 582. The molecule has 0 aromatic carbocycles. The van der Waals surface area contributed by atoms with Crippen LogP contribution in [-0.4, -0.2) is 36.7 Å². The molecule has 0 spiro atoms. The van der Waals surface area contributed by atoms with Crippen molar-refractivity contribution in [3.63, 3.8) is 0 Å². The minimum Gasteiger partial charge on any atom is -0.404 e. The Morgan fingerprint density at radius 2 is 2.07 bits per heavy atom. The number of hydrogen-bond acceptors (Lipinski definition) is 4. The quantitative estimate of drug-likeness (QED) is 0.479. The van der Waals surface area contributed by atoms with Gasteiger partial charge >= 0.3 is 7.12 Å². The molecule has 1 amide bonds. The van der Waals surface area contributed by atoms with Crippen molar-refractivity contribution in [2.45, 2.75) is 90.4 Å². The Labute approximate surface area is 165 Å². The summed E-state index contributed by atoms with van der Waals surface area (Å²) < 4.78 is 13.0. The van der Waals surface area contributed by atoms with Crippen molar-refractivity contribution < 1.29 is 14.1 Å². The van der Waals surface area contributed by atoms with Gasteiger partial charge in [-0.05, 0) is 62.2 Å². The van der Waals surface area contributed by atoms with Crippen LogP contribution in [0, 0.1) is 23.2 Å². The van der Waals surface area contributed by atoms with E-state index in [1.165, 1.54) is 6.42 Å². The number of rotatable bonds is 9. The summed E-state index contributed by atoms with van der Waals surface area (Å²) in [5, 5.41) is 3.47. The largest absolute Gasteiger partial charge is 0.475 e. The standard InChI is InChI=1S/C21H37BN2O3/c1-7-8-9-18(24-15(19(23)25)10-13(2)3)22-26-17-12-14-11-16(20(14,4)5)21(17,6)27-22/h7,13-18,24H,1,8-12H2,2-6H3,(H2,23,25)/t14-,15-,16-,17+,18-,21-/m0/s1. The molecule has 4 aliphatic rings. The Balaban J connectivity index is 1.74. The lowest BCUT2D eigenvalue weighted by Gasteiger charge is -2.64. The molecule has 1 saturated heterocycles. The van der Waals surface area contributed by atoms with Crippen LogP contribution in [0.2, 0.25) is 0 Å². The van der Waals surface area contributed by atoms with E-state index in [9.17, 15) is 4.79 Å². The number of carbonyl (C=O) groups is 1. The molecular weight excluding hydrogens is 339 g/mol. The minimum absolute atomic E-state index is 0.0676. The average Bonchev–Trinajstić information content (AvgIpc) is 2.93. The molecule has 4 rings (SSSR count). The average molecular weight is 376 g/mol. The van der Waals surface area contributed by atoms with E-state index in [-0.39, 0.29) is 36.7 Å². The van der Waals surface area contributed by atoms with E-state index in [0.29, 0.717) is 23.7 Å². The predicted molar refractivity (Wildman–Crippen MR) is 109 cm³/mol. The van der Waals surface area contributed by atoms with Crippen molar-refractivity contribution in [2.75, 3.05) is 0 Å². The number of nitrogens with one attached hydrogen (secondary N) is 1. The van der Waals surface area contributed by atoms with Gasteiger partial charge in [0.2, 0.25) is 5.91 Å². The lowest BCUT2D eigenvalue weighted by Crippen LogP contribution is -2.65. The Hall–Kier alpha value is -0.845. The van der Waals surface area contributed by atoms with Gasteiger partial charge in [-0.3, -0.25) is 4.79 Å². The monoisotopic (exact) mass is 376 g/mol. The van der Waals surface area contributed by atoms with Gasteiger partial charge < -0.3 is 20.4 Å². The van der Waals surface area contributed by atoms with Crippen molar-refractivity contribution in [3.8, 4) is 0 Å². The van der Waals surface area contributed by atoms with Crippen LogP contribution >= 0.6 is 0 Å². The predicted octanol–water partition coefficient (Wildman–Crippen LogP) is 3.08. The topological polar surface area (TPSA) is 73.6 Å². The number of nitrogens with two attached hydrogens (primary N) is 1. The van der Waals surface area contributed by atoms with Gasteiger partial charge in [-0.25, -0.2) is 0 Å². The summed E-state index contributed by atoms with van der Waals surface area (Å²) in [6.45, 7) is 15.0. The highest BCUT2D eigenvalue weighted by atomic mass is 16.7. The fourth-order valence-corrected chi connectivity index (χ4v) is 5.66. The third kappa shape index (κ3) is 3.73. The van der Waals surface area contributed by atoms with Crippen LogP contribution in [0.25, 0.3) is 0 Å². The summed E-state index contributed by atoms with van der Waals surface area (Å²) in [6.07, 6.45) is 6.71. The maximum absolute atomic E-state index is 12.0. The second kappa shape index (κ2) is 7.53. The second-order valence-electron chi connectivity index (χ2n) is 10.1. The lowest BCUT2D eigenvalue weighted by molar-refractivity contribution is -0.199. The van der Waals surface area contributed by atoms with E-state index in [1.807, 2.05) is 6.08 Å². The zero-order chi connectivity index (χ0) is 20.0. The molecule has 152 valence electrons. The van der Waals surface area contributed by atoms with Crippen molar-refractivity contribution in [1.82, 2.24) is 5.32 Å². The van der Waals surface area contributed by atoms with Gasteiger partial charge in [0.05, 0.1) is 17.7 Å². The van der Waals surface area contributed by atoms with Crippen LogP contribution in [-0.2, 0) is 14.1 Å². The zero-order valence-electron chi connectivity index (χ0n) is 17.7. The zero-order valence-corrected chi connectivity index (χ0v) is 17.7. The summed E-state index contributed by atoms with van der Waals surface area (Å²) in [5.41, 5.74) is 5.75. The van der Waals surface area contributed by atoms with E-state index in [1.54, 1.807) is 0 Å². The summed E-state index contributed by atoms with van der Waals surface area (Å²) in [5.74, 6) is 1.26. The van der Waals surface area contributed by atoms with E-state index in [0.717, 1.165) is 25.2 Å². The Kier molecular flexibility index (Phi) is 5.82. The van der Waals surface area contributed by atoms with E-state index in [4.69, 9.17) is 15.0 Å². The molecule has 0 aromatic heterocycles. The van der Waals surface area contributed by atoms with Gasteiger partial charge in [-0.15, -0.1) is 6.58 Å². The smallest absolute Gasteiger partial charge is 0.404 e. The molecule has 2 bridgehead atoms. The molecule has 0 aromatic rings. The first-order valence-corrected chi connectivity index (χ1v) is 10.6. The minimum atomic E-state index is -0.368. The third-order valence-electron chi connectivity index (χ3n) is 7.44. The molecule has 3 aliphatic carbocycles. The number of carbonyl (C=O) groups excluding carboxylic acids is 1. The SMILES string of the molecule is C=CCC[C@H](N[C@@H](CC(C)C)C(N)=O)B1O[C@@H]2C[C@@H]3C[C@@H](C3(C)C)[C@]2(C)O1. The first-order valence-electron chi connectivity index (χ1n) is 10.6. The van der Waals surface area contributed by atoms with E-state index < -0.39 is 0 Å². The maximum Gasteiger partial charge on any atom is 0.475 e. The molecule has 3 N–H and O–H groups in total. The lowest BCUT2D eigenvalue weighted by atomic mass is 9.43. The van der Waals surface area contributed by atoms with Crippen LogP contribution in [0.5, 0.6) is 0 Å². The third-order valence-corrected chi connectivity index (χ3v) is 7.44. The normalized spacial score (nSPS) is 36.1. The summed E-state index contributed by atoms with van der Waals surface area (Å²) in [7, 11) is -0.343. The molecule has 4 fully saturated rings. The highest BCUT2D eigenvalue weighted by Crippen LogP contribution is 2.65. The van der Waals surface area contributed by atoms with Crippen molar-refractivity contribution in [3.05, 3.63) is 12.7 Å². The molecule has 27 heavy (non-hydrogen) atoms. The van der Waals surface area contributed by atoms with Crippen LogP contribution in [0.4, 0.5) is 0 Å². The van der Waals surface area contributed by atoms with Gasteiger partial charge in [0.25, 0.3) is 0 Å². The molecule has 5 nitrogen and oxygen atoms in total. The van der Waals surface area contributed by atoms with Gasteiger partial charge in [0.1, 0.15) is 0 Å². The first-order chi connectivity index (χ1) is 12.6. The summed E-state index contributed by atoms with van der Waals surface area (Å²) in [6, 6.07) is -0.368. The first kappa shape index (κ1) is 20.9. The summed E-state index contributed by atoms with van der Waals surface area (Å²) >= 11 is 0. The molecule has 0 unspecified atom stereocenters. The van der Waals surface area contributed by atoms with Gasteiger partial charge in [0.15, 0.2) is 0 Å². The highest BCUT2D eigenvalue weighted by molar-refractivity contribution is 6.47. The van der Waals surface area contributed by atoms with Crippen LogP contribution < -0.4 is 11.1 Å². The van der Waals surface area contributed by atoms with Gasteiger partial charge in [-0.1, -0.05) is 33.8 Å². The molecular formula is C21H37BN2O3. The van der Waals surface area contributed by atoms with Crippen LogP contribution in [0.3, 0.4) is 0 Å². The molecule has 1 aliphatic heterocycles. The van der Waals surface area contributed by atoms with Gasteiger partial charge in [-0.2, -0.15) is 0 Å². The number of allylic oxidation sites excluding steroid dienone is 1. The molecule has 0 radical (unpaired) electrons. The van der Waals surface area contributed by atoms with Crippen molar-refractivity contribution in [2.24, 2.45) is 28.9 Å². The molecule has 3 saturated carbocycles. The number of hydrogen-bond donors (Lipinski definition) is 2. The molecule has 6 heteroatoms. The van der Waals surface area contributed by atoms with Crippen LogP contribution in [0.1, 0.15) is 66.7 Å². The fourth-order valence-electron chi connectivity index (χ4n) is 5.66. The van der Waals surface area contributed by atoms with Crippen molar-refractivity contribution in [1.29, 1.82) is 0 Å². The number of primary amides is 1. The van der Waals surface area contributed by atoms with Crippen LogP contribution in [0.15, 0.2) is 12.7 Å². The van der Waals surface area contributed by atoms with E-state index in [2.05, 4.69) is 46.5 Å².